The van der Waals surface area contributed by atoms with Gasteiger partial charge in [0, 0.05) is 47.4 Å². The largest absolute Gasteiger partial charge is 0.300 e. The highest BCUT2D eigenvalue weighted by Gasteiger charge is 2.18. The lowest BCUT2D eigenvalue weighted by molar-refractivity contribution is -0.118. The quantitative estimate of drug-likeness (QED) is 0.0594. The van der Waals surface area contributed by atoms with Crippen LogP contribution in [0.3, 0.4) is 0 Å². The first kappa shape index (κ1) is 66.2. The Morgan fingerprint density at radius 3 is 1.05 bits per heavy atom. The van der Waals surface area contributed by atoms with Crippen LogP contribution in [0.4, 0.5) is 0 Å². The van der Waals surface area contributed by atoms with E-state index in [1.165, 1.54) is 92.3 Å². The topological polar surface area (TPSA) is 85.3 Å². The Hall–Kier alpha value is 0.1000. The van der Waals surface area contributed by atoms with E-state index < -0.39 is 0 Å². The lowest BCUT2D eigenvalue weighted by Gasteiger charge is -2.23. The van der Waals surface area contributed by atoms with E-state index in [9.17, 15) is 24.0 Å². The first-order chi connectivity index (χ1) is 26.8. The summed E-state index contributed by atoms with van der Waals surface area (Å²) < 4.78 is 0.675. The molecule has 57 heavy (non-hydrogen) atoms. The van der Waals surface area contributed by atoms with Crippen molar-refractivity contribution in [1.82, 2.24) is 0 Å². The second-order valence-corrected chi connectivity index (χ2v) is 23.2. The molecule has 0 aromatic carbocycles. The minimum atomic E-state index is 0.279. The molecule has 0 unspecified atom stereocenters. The van der Waals surface area contributed by atoms with Crippen molar-refractivity contribution in [3.05, 3.63) is 0 Å². The highest BCUT2D eigenvalue weighted by Crippen LogP contribution is 2.31. The second-order valence-electron chi connectivity index (χ2n) is 15.9. The van der Waals surface area contributed by atoms with Gasteiger partial charge in [0.15, 0.2) is 0 Å². The van der Waals surface area contributed by atoms with Crippen molar-refractivity contribution in [2.75, 3.05) is 46.0 Å². The van der Waals surface area contributed by atoms with Gasteiger partial charge in [-0.05, 0) is 146 Å². The molecule has 0 fully saturated rings. The molecule has 10 heteroatoms. The van der Waals surface area contributed by atoms with Gasteiger partial charge in [0.1, 0.15) is 28.9 Å². The number of hydrogen-bond donors (Lipinski definition) is 0. The van der Waals surface area contributed by atoms with Crippen LogP contribution in [0.25, 0.3) is 0 Å². The summed E-state index contributed by atoms with van der Waals surface area (Å²) >= 11 is 9.85. The Bertz CT molecular complexity index is 924. The molecule has 0 saturated heterocycles. The summed E-state index contributed by atoms with van der Waals surface area (Å²) in [7, 11) is 0. The average molecular weight is 900 g/mol. The standard InChI is InChI=1S/C12H24OS.2C10H20OS.C8H16OS.C7H14OS/c1-5-10-14-12(3,4)9-7-6-8-11(2)13;1-5-8-12-10(3,4)7-6-9(2)11;1-3-8-12-9-6-4-5-7-10(2)11;1-3-6-10-7-4-5-8(2)9;1-3-5-9-6-4-7(2)8/h5-10H2,1-4H3;5-8H2,1-4H3;3-9H2,1-2H3;3-7H2,1-2H3;3-6H2,1-2H3. The lowest BCUT2D eigenvalue weighted by atomic mass is 10.0. The Labute approximate surface area is 377 Å². The number of unbranched alkanes of at least 4 members (excludes halogenated alkanes) is 3. The molecule has 0 aliphatic carbocycles. The predicted molar refractivity (Wildman–Crippen MR) is 270 cm³/mol. The molecular formula is C47H94O5S5. The molecule has 0 rings (SSSR count). The van der Waals surface area contributed by atoms with Crippen LogP contribution in [0.2, 0.25) is 0 Å². The molecular weight excluding hydrogens is 805 g/mol. The molecule has 5 nitrogen and oxygen atoms in total. The van der Waals surface area contributed by atoms with E-state index in [-0.39, 0.29) is 4.75 Å². The average Bonchev–Trinajstić information content (AvgIpc) is 3.13. The van der Waals surface area contributed by atoms with E-state index in [1.807, 2.05) is 47.0 Å². The van der Waals surface area contributed by atoms with Crippen molar-refractivity contribution in [2.24, 2.45) is 0 Å². The summed E-state index contributed by atoms with van der Waals surface area (Å²) in [4.78, 5) is 52.9. The molecule has 0 radical (unpaired) electrons. The summed E-state index contributed by atoms with van der Waals surface area (Å²) in [6, 6.07) is 0. The van der Waals surface area contributed by atoms with Crippen molar-refractivity contribution in [3.8, 4) is 0 Å². The summed E-state index contributed by atoms with van der Waals surface area (Å²) in [5.41, 5.74) is 0. The van der Waals surface area contributed by atoms with Crippen molar-refractivity contribution in [2.45, 2.75) is 222 Å². The number of hydrogen-bond acceptors (Lipinski definition) is 10. The van der Waals surface area contributed by atoms with E-state index in [4.69, 9.17) is 0 Å². The Balaban J connectivity index is -0.000000199. The third-order valence-corrected chi connectivity index (χ3v) is 14.7. The monoisotopic (exact) mass is 899 g/mol. The van der Waals surface area contributed by atoms with Gasteiger partial charge < -0.3 is 19.2 Å². The molecule has 0 aliphatic heterocycles. The number of thioether (sulfide) groups is 5. The fraction of sp³-hybridized carbons (Fsp3) is 0.894. The van der Waals surface area contributed by atoms with Crippen LogP contribution in [0.1, 0.15) is 213 Å². The van der Waals surface area contributed by atoms with Crippen molar-refractivity contribution in [3.63, 3.8) is 0 Å². The fourth-order valence-corrected chi connectivity index (χ4v) is 9.15. The summed E-state index contributed by atoms with van der Waals surface area (Å²) in [6.45, 7) is 28.3. The van der Waals surface area contributed by atoms with E-state index >= 15 is 0 Å². The molecule has 0 saturated carbocycles. The van der Waals surface area contributed by atoms with Crippen molar-refractivity contribution in [1.29, 1.82) is 0 Å². The first-order valence-electron chi connectivity index (χ1n) is 22.2. The van der Waals surface area contributed by atoms with Gasteiger partial charge in [-0.15, -0.1) is 0 Å². The number of Topliss-reactive ketones (excluding diaryl/α,β-unsaturated/α-hetero) is 5. The van der Waals surface area contributed by atoms with Crippen LogP contribution >= 0.6 is 58.8 Å². The van der Waals surface area contributed by atoms with Gasteiger partial charge >= 0.3 is 0 Å². The number of carbonyl (C=O) groups is 5. The van der Waals surface area contributed by atoms with Crippen LogP contribution in [0, 0.1) is 0 Å². The molecule has 0 N–H and O–H groups in total. The highest BCUT2D eigenvalue weighted by atomic mass is 32.2. The van der Waals surface area contributed by atoms with E-state index in [2.05, 4.69) is 74.1 Å². The van der Waals surface area contributed by atoms with Gasteiger partial charge in [-0.2, -0.15) is 58.8 Å². The third-order valence-electron chi connectivity index (χ3n) is 7.81. The van der Waals surface area contributed by atoms with Crippen LogP contribution < -0.4 is 0 Å². The molecule has 0 aromatic rings. The third kappa shape index (κ3) is 77.3. The Morgan fingerprint density at radius 2 is 0.667 bits per heavy atom. The first-order valence-corrected chi connectivity index (χ1v) is 27.7. The maximum atomic E-state index is 10.8. The Kier molecular flexibility index (Phi) is 58.6. The summed E-state index contributed by atoms with van der Waals surface area (Å²) in [5.74, 6) is 11.2. The second kappa shape index (κ2) is 50.5. The maximum absolute atomic E-state index is 10.8. The number of carbonyl (C=O) groups excluding carboxylic acids is 5. The molecule has 0 amide bonds. The smallest absolute Gasteiger partial charge is 0.130 e. The molecule has 0 bridgehead atoms. The number of ketones is 5. The van der Waals surface area contributed by atoms with Gasteiger partial charge in [-0.25, -0.2) is 0 Å². The molecule has 0 aliphatic rings. The maximum Gasteiger partial charge on any atom is 0.130 e. The Morgan fingerprint density at radius 1 is 0.333 bits per heavy atom. The number of rotatable bonds is 33. The molecule has 0 atom stereocenters. The zero-order chi connectivity index (χ0) is 44.8. The summed E-state index contributed by atoms with van der Waals surface area (Å²) in [5, 5.41) is 0. The van der Waals surface area contributed by atoms with Crippen molar-refractivity contribution < 1.29 is 24.0 Å². The summed E-state index contributed by atoms with van der Waals surface area (Å²) in [6.07, 6.45) is 19.1. The van der Waals surface area contributed by atoms with E-state index in [1.54, 1.807) is 34.6 Å². The van der Waals surface area contributed by atoms with Gasteiger partial charge in [0.05, 0.1) is 0 Å². The zero-order valence-corrected chi connectivity index (χ0v) is 44.0. The minimum Gasteiger partial charge on any atom is -0.300 e. The van der Waals surface area contributed by atoms with Crippen molar-refractivity contribution >= 4 is 87.7 Å². The predicted octanol–water partition coefficient (Wildman–Crippen LogP) is 15.2. The molecule has 342 valence electrons. The van der Waals surface area contributed by atoms with Crippen LogP contribution in [-0.4, -0.2) is 84.4 Å². The SMILES string of the molecule is CCCSC(C)(C)CCC(C)=O.CCCSC(C)(C)CCCCC(C)=O.CCCSCCC(C)=O.CCCSCCCC(C)=O.CCCSCCCCCC(C)=O. The van der Waals surface area contributed by atoms with Gasteiger partial charge in [-0.1, -0.05) is 75.2 Å². The van der Waals surface area contributed by atoms with E-state index in [0.29, 0.717) is 33.7 Å². The van der Waals surface area contributed by atoms with Gasteiger partial charge in [0.25, 0.3) is 0 Å². The minimum absolute atomic E-state index is 0.279. The normalized spacial score (nSPS) is 10.7. The van der Waals surface area contributed by atoms with E-state index in [0.717, 1.165) is 69.3 Å². The van der Waals surface area contributed by atoms with Crippen LogP contribution in [0.5, 0.6) is 0 Å². The van der Waals surface area contributed by atoms with Crippen LogP contribution in [0.15, 0.2) is 0 Å². The highest BCUT2D eigenvalue weighted by molar-refractivity contribution is 8.01. The molecule has 0 aromatic heterocycles. The van der Waals surface area contributed by atoms with Gasteiger partial charge in [-0.3, -0.25) is 4.79 Å². The zero-order valence-electron chi connectivity index (χ0n) is 40.0. The van der Waals surface area contributed by atoms with Gasteiger partial charge in [0.2, 0.25) is 0 Å². The van der Waals surface area contributed by atoms with Crippen LogP contribution in [-0.2, 0) is 24.0 Å². The molecule has 0 spiro atoms. The fourth-order valence-electron chi connectivity index (χ4n) is 4.44. The lowest BCUT2D eigenvalue weighted by Crippen LogP contribution is -2.16. The molecule has 0 heterocycles.